The number of carbonyl (C=O) groups excluding carboxylic acids is 2. The highest BCUT2D eigenvalue weighted by atomic mass is 16.5. The van der Waals surface area contributed by atoms with E-state index in [0.29, 0.717) is 24.6 Å². The van der Waals surface area contributed by atoms with Gasteiger partial charge in [0.15, 0.2) is 11.5 Å². The van der Waals surface area contributed by atoms with Crippen LogP contribution in [0.2, 0.25) is 0 Å². The van der Waals surface area contributed by atoms with Crippen molar-refractivity contribution in [1.82, 2.24) is 5.32 Å². The first-order valence-corrected chi connectivity index (χ1v) is 9.33. The molecule has 0 aliphatic carbocycles. The third-order valence-corrected chi connectivity index (χ3v) is 4.51. The van der Waals surface area contributed by atoms with Crippen molar-refractivity contribution in [3.8, 4) is 11.5 Å². The maximum Gasteiger partial charge on any atom is 0.224 e. The predicted octanol–water partition coefficient (Wildman–Crippen LogP) is 2.98. The van der Waals surface area contributed by atoms with E-state index >= 15 is 0 Å². The van der Waals surface area contributed by atoms with Crippen molar-refractivity contribution in [1.29, 1.82) is 0 Å². The molecule has 0 aromatic heterocycles. The Balaban J connectivity index is 1.91. The topological polar surface area (TPSA) is 67.9 Å². The van der Waals surface area contributed by atoms with Gasteiger partial charge in [-0.15, -0.1) is 0 Å². The van der Waals surface area contributed by atoms with E-state index in [2.05, 4.69) is 12.2 Å². The summed E-state index contributed by atoms with van der Waals surface area (Å²) in [6, 6.07) is 13.3. The van der Waals surface area contributed by atoms with Crippen LogP contribution in [0.4, 0.5) is 5.69 Å². The number of aryl methyl sites for hydroxylation is 1. The predicted molar refractivity (Wildman–Crippen MR) is 110 cm³/mol. The SMILES string of the molecule is CCc1ccc(N(CCNC(=O)Cc2ccc(OC)c(OC)c2)C(C)=O)cc1. The number of ether oxygens (including phenoxy) is 2. The molecule has 0 aliphatic heterocycles. The number of anilines is 1. The van der Waals surface area contributed by atoms with Gasteiger partial charge in [0, 0.05) is 25.7 Å². The summed E-state index contributed by atoms with van der Waals surface area (Å²) in [4.78, 5) is 25.9. The molecule has 2 rings (SSSR count). The maximum atomic E-state index is 12.3. The molecule has 0 aliphatic rings. The Morgan fingerprint density at radius 1 is 0.964 bits per heavy atom. The number of amides is 2. The molecule has 2 aromatic carbocycles. The van der Waals surface area contributed by atoms with E-state index in [-0.39, 0.29) is 18.2 Å². The van der Waals surface area contributed by atoms with E-state index in [4.69, 9.17) is 9.47 Å². The fraction of sp³-hybridized carbons (Fsp3) is 0.364. The average molecular weight is 384 g/mol. The van der Waals surface area contributed by atoms with Crippen LogP contribution < -0.4 is 19.7 Å². The number of nitrogens with one attached hydrogen (secondary N) is 1. The van der Waals surface area contributed by atoms with Crippen LogP contribution in [0.3, 0.4) is 0 Å². The molecule has 0 unspecified atom stereocenters. The van der Waals surface area contributed by atoms with Crippen LogP contribution in [-0.2, 0) is 22.4 Å². The molecular weight excluding hydrogens is 356 g/mol. The Labute approximate surface area is 166 Å². The highest BCUT2D eigenvalue weighted by molar-refractivity contribution is 5.91. The minimum atomic E-state index is -0.114. The standard InChI is InChI=1S/C22H28N2O4/c1-5-17-6-9-19(10-7-17)24(16(2)25)13-12-23-22(26)15-18-8-11-20(27-3)21(14-18)28-4/h6-11,14H,5,12-13,15H2,1-4H3,(H,23,26). The van der Waals surface area contributed by atoms with Gasteiger partial charge >= 0.3 is 0 Å². The van der Waals surface area contributed by atoms with Crippen molar-refractivity contribution in [2.24, 2.45) is 0 Å². The largest absolute Gasteiger partial charge is 0.493 e. The van der Waals surface area contributed by atoms with E-state index in [9.17, 15) is 9.59 Å². The van der Waals surface area contributed by atoms with Gasteiger partial charge < -0.3 is 19.7 Å². The Bertz CT molecular complexity index is 803. The maximum absolute atomic E-state index is 12.3. The van der Waals surface area contributed by atoms with Crippen LogP contribution in [0.25, 0.3) is 0 Å². The summed E-state index contributed by atoms with van der Waals surface area (Å²) >= 11 is 0. The number of hydrogen-bond acceptors (Lipinski definition) is 4. The second-order valence-electron chi connectivity index (χ2n) is 6.41. The first kappa shape index (κ1) is 21.3. The minimum absolute atomic E-state index is 0.0570. The Kier molecular flexibility index (Phi) is 7.87. The molecule has 6 heteroatoms. The quantitative estimate of drug-likeness (QED) is 0.722. The Hall–Kier alpha value is -3.02. The number of rotatable bonds is 9. The molecule has 28 heavy (non-hydrogen) atoms. The zero-order valence-electron chi connectivity index (χ0n) is 17.0. The third kappa shape index (κ3) is 5.74. The normalized spacial score (nSPS) is 10.3. The van der Waals surface area contributed by atoms with Crippen LogP contribution in [0, 0.1) is 0 Å². The number of carbonyl (C=O) groups is 2. The number of hydrogen-bond donors (Lipinski definition) is 1. The molecule has 0 heterocycles. The summed E-state index contributed by atoms with van der Waals surface area (Å²) < 4.78 is 10.5. The summed E-state index contributed by atoms with van der Waals surface area (Å²) in [5, 5.41) is 2.87. The molecule has 2 amide bonds. The lowest BCUT2D eigenvalue weighted by Crippen LogP contribution is -2.38. The van der Waals surface area contributed by atoms with Crippen molar-refractivity contribution in [2.45, 2.75) is 26.7 Å². The monoisotopic (exact) mass is 384 g/mol. The fourth-order valence-electron chi connectivity index (χ4n) is 2.93. The van der Waals surface area contributed by atoms with Crippen LogP contribution in [0.5, 0.6) is 11.5 Å². The number of nitrogens with zero attached hydrogens (tertiary/aromatic N) is 1. The summed E-state index contributed by atoms with van der Waals surface area (Å²) in [7, 11) is 3.13. The molecule has 0 bridgehead atoms. The van der Waals surface area contributed by atoms with Gasteiger partial charge in [-0.3, -0.25) is 9.59 Å². The van der Waals surface area contributed by atoms with Crippen LogP contribution in [-0.4, -0.2) is 39.1 Å². The van der Waals surface area contributed by atoms with Crippen LogP contribution >= 0.6 is 0 Å². The van der Waals surface area contributed by atoms with Gasteiger partial charge in [0.2, 0.25) is 11.8 Å². The van der Waals surface area contributed by atoms with Gasteiger partial charge in [-0.25, -0.2) is 0 Å². The average Bonchev–Trinajstić information content (AvgIpc) is 2.71. The molecule has 150 valence electrons. The molecule has 0 saturated heterocycles. The summed E-state index contributed by atoms with van der Waals surface area (Å²) in [6.45, 7) is 4.41. The molecule has 1 N–H and O–H groups in total. The second kappa shape index (κ2) is 10.3. The zero-order chi connectivity index (χ0) is 20.5. The van der Waals surface area contributed by atoms with Gasteiger partial charge in [0.05, 0.1) is 20.6 Å². The van der Waals surface area contributed by atoms with Crippen molar-refractivity contribution in [3.63, 3.8) is 0 Å². The van der Waals surface area contributed by atoms with Crippen LogP contribution in [0.1, 0.15) is 25.0 Å². The molecule has 0 atom stereocenters. The second-order valence-corrected chi connectivity index (χ2v) is 6.41. The number of methoxy groups -OCH3 is 2. The molecular formula is C22H28N2O4. The van der Waals surface area contributed by atoms with Crippen LogP contribution in [0.15, 0.2) is 42.5 Å². The zero-order valence-corrected chi connectivity index (χ0v) is 17.0. The van der Waals surface area contributed by atoms with E-state index < -0.39 is 0 Å². The highest BCUT2D eigenvalue weighted by Crippen LogP contribution is 2.27. The van der Waals surface area contributed by atoms with Gasteiger partial charge in [-0.2, -0.15) is 0 Å². The molecule has 0 spiro atoms. The van der Waals surface area contributed by atoms with E-state index in [1.54, 1.807) is 31.3 Å². The summed E-state index contributed by atoms with van der Waals surface area (Å²) in [6.07, 6.45) is 1.18. The Morgan fingerprint density at radius 2 is 1.61 bits per heavy atom. The van der Waals surface area contributed by atoms with Gasteiger partial charge in [0.1, 0.15) is 0 Å². The molecule has 6 nitrogen and oxygen atoms in total. The van der Waals surface area contributed by atoms with Gasteiger partial charge in [0.25, 0.3) is 0 Å². The molecule has 0 fully saturated rings. The van der Waals surface area contributed by atoms with Crippen molar-refractivity contribution < 1.29 is 19.1 Å². The first-order valence-electron chi connectivity index (χ1n) is 9.33. The van der Waals surface area contributed by atoms with E-state index in [0.717, 1.165) is 17.7 Å². The van der Waals surface area contributed by atoms with Gasteiger partial charge in [-0.05, 0) is 41.8 Å². The van der Waals surface area contributed by atoms with Crippen molar-refractivity contribution in [3.05, 3.63) is 53.6 Å². The Morgan fingerprint density at radius 3 is 2.18 bits per heavy atom. The molecule has 0 radical (unpaired) electrons. The highest BCUT2D eigenvalue weighted by Gasteiger charge is 2.12. The summed E-state index contributed by atoms with van der Waals surface area (Å²) in [5.74, 6) is 1.04. The minimum Gasteiger partial charge on any atom is -0.493 e. The number of benzene rings is 2. The molecule has 0 saturated carbocycles. The van der Waals surface area contributed by atoms with E-state index in [1.807, 2.05) is 30.3 Å². The lowest BCUT2D eigenvalue weighted by atomic mass is 10.1. The summed E-state index contributed by atoms with van der Waals surface area (Å²) in [5.41, 5.74) is 2.88. The lowest BCUT2D eigenvalue weighted by Gasteiger charge is -2.21. The van der Waals surface area contributed by atoms with E-state index in [1.165, 1.54) is 12.5 Å². The first-order chi connectivity index (χ1) is 13.5. The van der Waals surface area contributed by atoms with Gasteiger partial charge in [-0.1, -0.05) is 25.1 Å². The fourth-order valence-corrected chi connectivity index (χ4v) is 2.93. The van der Waals surface area contributed by atoms with Crippen molar-refractivity contribution in [2.75, 3.05) is 32.2 Å². The van der Waals surface area contributed by atoms with Crippen molar-refractivity contribution >= 4 is 17.5 Å². The smallest absolute Gasteiger partial charge is 0.224 e. The molecule has 2 aromatic rings. The third-order valence-electron chi connectivity index (χ3n) is 4.51. The lowest BCUT2D eigenvalue weighted by molar-refractivity contribution is -0.121.